The minimum atomic E-state index is -0.392. The third-order valence-corrected chi connectivity index (χ3v) is 2.71. The summed E-state index contributed by atoms with van der Waals surface area (Å²) in [5, 5.41) is 8.63. The predicted octanol–water partition coefficient (Wildman–Crippen LogP) is 1.42. The van der Waals surface area contributed by atoms with Gasteiger partial charge in [0.1, 0.15) is 0 Å². The molecule has 1 N–H and O–H groups in total. The van der Waals surface area contributed by atoms with Gasteiger partial charge in [-0.2, -0.15) is 0 Å². The summed E-state index contributed by atoms with van der Waals surface area (Å²) in [5.41, 5.74) is -0.392. The summed E-state index contributed by atoms with van der Waals surface area (Å²) in [7, 11) is 3.43. The van der Waals surface area contributed by atoms with Crippen LogP contribution in [-0.4, -0.2) is 48.8 Å². The Morgan fingerprint density at radius 2 is 1.94 bits per heavy atom. The first kappa shape index (κ1) is 15.4. The first-order valence-corrected chi connectivity index (χ1v) is 5.83. The second-order valence-corrected chi connectivity index (χ2v) is 4.74. The molecule has 4 nitrogen and oxygen atoms in total. The number of hydrogen-bond donors (Lipinski definition) is 1. The number of methoxy groups -OCH3 is 1. The van der Waals surface area contributed by atoms with Crippen LogP contribution in [0.4, 0.5) is 0 Å². The fourth-order valence-electron chi connectivity index (χ4n) is 1.33. The van der Waals surface area contributed by atoms with Crippen LogP contribution in [0.2, 0.25) is 0 Å². The lowest BCUT2D eigenvalue weighted by Crippen LogP contribution is -2.35. The quantitative estimate of drug-likeness (QED) is 0.643. The van der Waals surface area contributed by atoms with Gasteiger partial charge in [0.15, 0.2) is 0 Å². The van der Waals surface area contributed by atoms with Crippen LogP contribution in [0, 0.1) is 0 Å². The number of unbranched alkanes of at least 4 members (excludes halogenated alkanes) is 2. The third-order valence-electron chi connectivity index (χ3n) is 2.71. The Kier molecular flexibility index (Phi) is 7.34. The van der Waals surface area contributed by atoms with E-state index in [9.17, 15) is 4.79 Å². The molecule has 0 aliphatic rings. The van der Waals surface area contributed by atoms with Gasteiger partial charge in [-0.1, -0.05) is 0 Å². The number of amides is 1. The van der Waals surface area contributed by atoms with Crippen LogP contribution in [0.5, 0.6) is 0 Å². The van der Waals surface area contributed by atoms with E-state index in [4.69, 9.17) is 9.84 Å². The first-order chi connectivity index (χ1) is 7.43. The summed E-state index contributed by atoms with van der Waals surface area (Å²) in [6, 6.07) is 0. The molecule has 0 aromatic carbocycles. The fraction of sp³-hybridized carbons (Fsp3) is 0.917. The maximum absolute atomic E-state index is 11.8. The van der Waals surface area contributed by atoms with Crippen molar-refractivity contribution in [2.45, 2.75) is 45.1 Å². The molecule has 0 spiro atoms. The smallest absolute Gasteiger partial charge is 0.225 e. The Labute approximate surface area is 98.6 Å². The molecule has 0 aliphatic carbocycles. The number of rotatable bonds is 8. The average molecular weight is 231 g/mol. The molecule has 16 heavy (non-hydrogen) atoms. The van der Waals surface area contributed by atoms with E-state index in [2.05, 4.69) is 0 Å². The summed E-state index contributed by atoms with van der Waals surface area (Å²) < 4.78 is 5.22. The molecule has 1 amide bonds. The van der Waals surface area contributed by atoms with Gasteiger partial charge in [0.05, 0.1) is 12.0 Å². The molecule has 0 bridgehead atoms. The molecular weight excluding hydrogens is 206 g/mol. The van der Waals surface area contributed by atoms with E-state index < -0.39 is 5.60 Å². The topological polar surface area (TPSA) is 49.8 Å². The predicted molar refractivity (Wildman–Crippen MR) is 64.3 cm³/mol. The van der Waals surface area contributed by atoms with Gasteiger partial charge < -0.3 is 14.7 Å². The SMILES string of the molecule is COC(C)(C)CC(=O)N(C)CCCCCO. The van der Waals surface area contributed by atoms with Gasteiger partial charge in [-0.3, -0.25) is 4.79 Å². The summed E-state index contributed by atoms with van der Waals surface area (Å²) in [5.74, 6) is 0.107. The molecule has 0 aliphatic heterocycles. The largest absolute Gasteiger partial charge is 0.396 e. The van der Waals surface area contributed by atoms with Crippen molar-refractivity contribution < 1.29 is 14.6 Å². The van der Waals surface area contributed by atoms with Crippen molar-refractivity contribution in [3.63, 3.8) is 0 Å². The van der Waals surface area contributed by atoms with Crippen molar-refractivity contribution in [1.29, 1.82) is 0 Å². The fourth-order valence-corrected chi connectivity index (χ4v) is 1.33. The van der Waals surface area contributed by atoms with Crippen molar-refractivity contribution in [3.8, 4) is 0 Å². The lowest BCUT2D eigenvalue weighted by Gasteiger charge is -2.25. The molecular formula is C12H25NO3. The highest BCUT2D eigenvalue weighted by Crippen LogP contribution is 2.14. The number of carbonyl (C=O) groups excluding carboxylic acids is 1. The molecule has 0 unspecified atom stereocenters. The third kappa shape index (κ3) is 6.80. The van der Waals surface area contributed by atoms with Gasteiger partial charge in [0, 0.05) is 27.3 Å². The van der Waals surface area contributed by atoms with E-state index in [1.54, 1.807) is 12.0 Å². The van der Waals surface area contributed by atoms with E-state index >= 15 is 0 Å². The minimum Gasteiger partial charge on any atom is -0.396 e. The van der Waals surface area contributed by atoms with E-state index in [0.717, 1.165) is 25.8 Å². The van der Waals surface area contributed by atoms with Crippen molar-refractivity contribution in [2.24, 2.45) is 0 Å². The lowest BCUT2D eigenvalue weighted by molar-refractivity contribution is -0.135. The standard InChI is InChI=1S/C12H25NO3/c1-12(2,16-4)10-11(15)13(3)8-6-5-7-9-14/h14H,5-10H2,1-4H3. The van der Waals surface area contributed by atoms with Gasteiger partial charge in [-0.05, 0) is 33.1 Å². The molecule has 0 radical (unpaired) electrons. The summed E-state index contributed by atoms with van der Waals surface area (Å²) >= 11 is 0. The Morgan fingerprint density at radius 1 is 1.31 bits per heavy atom. The van der Waals surface area contributed by atoms with Crippen LogP contribution in [0.25, 0.3) is 0 Å². The molecule has 0 saturated carbocycles. The van der Waals surface area contributed by atoms with Gasteiger partial charge >= 0.3 is 0 Å². The zero-order valence-electron chi connectivity index (χ0n) is 11.0. The van der Waals surface area contributed by atoms with Crippen molar-refractivity contribution >= 4 is 5.91 Å². The second kappa shape index (κ2) is 7.63. The molecule has 0 fully saturated rings. The molecule has 0 aromatic rings. The first-order valence-electron chi connectivity index (χ1n) is 5.83. The zero-order valence-corrected chi connectivity index (χ0v) is 11.0. The van der Waals surface area contributed by atoms with Crippen LogP contribution < -0.4 is 0 Å². The maximum Gasteiger partial charge on any atom is 0.225 e. The normalized spacial score (nSPS) is 11.6. The maximum atomic E-state index is 11.8. The molecule has 4 heteroatoms. The number of hydrogen-bond acceptors (Lipinski definition) is 3. The van der Waals surface area contributed by atoms with Gasteiger partial charge in [-0.25, -0.2) is 0 Å². The number of carbonyl (C=O) groups is 1. The van der Waals surface area contributed by atoms with Crippen molar-refractivity contribution in [3.05, 3.63) is 0 Å². The second-order valence-electron chi connectivity index (χ2n) is 4.74. The summed E-state index contributed by atoms with van der Waals surface area (Å²) in [6.07, 6.45) is 3.11. The van der Waals surface area contributed by atoms with Crippen LogP contribution >= 0.6 is 0 Å². The molecule has 0 rings (SSSR count). The summed E-state index contributed by atoms with van der Waals surface area (Å²) in [4.78, 5) is 13.5. The van der Waals surface area contributed by atoms with Crippen LogP contribution in [0.15, 0.2) is 0 Å². The van der Waals surface area contributed by atoms with Crippen LogP contribution in [0.1, 0.15) is 39.5 Å². The number of ether oxygens (including phenoxy) is 1. The molecule has 0 saturated heterocycles. The van der Waals surface area contributed by atoms with Crippen LogP contribution in [-0.2, 0) is 9.53 Å². The van der Waals surface area contributed by atoms with E-state index in [-0.39, 0.29) is 12.5 Å². The molecule has 96 valence electrons. The van der Waals surface area contributed by atoms with E-state index in [0.29, 0.717) is 6.42 Å². The van der Waals surface area contributed by atoms with Crippen molar-refractivity contribution in [2.75, 3.05) is 27.3 Å². The molecule has 0 aromatic heterocycles. The highest BCUT2D eigenvalue weighted by atomic mass is 16.5. The molecule has 0 heterocycles. The zero-order chi connectivity index (χ0) is 12.6. The Morgan fingerprint density at radius 3 is 2.44 bits per heavy atom. The number of aliphatic hydroxyl groups excluding tert-OH is 1. The van der Waals surface area contributed by atoms with Crippen molar-refractivity contribution in [1.82, 2.24) is 4.90 Å². The lowest BCUT2D eigenvalue weighted by atomic mass is 10.0. The van der Waals surface area contributed by atoms with E-state index in [1.807, 2.05) is 20.9 Å². The monoisotopic (exact) mass is 231 g/mol. The Bertz CT molecular complexity index is 204. The highest BCUT2D eigenvalue weighted by Gasteiger charge is 2.22. The van der Waals surface area contributed by atoms with Crippen LogP contribution in [0.3, 0.4) is 0 Å². The van der Waals surface area contributed by atoms with Gasteiger partial charge in [0.2, 0.25) is 5.91 Å². The van der Waals surface area contributed by atoms with Gasteiger partial charge in [0.25, 0.3) is 0 Å². The number of nitrogens with zero attached hydrogens (tertiary/aromatic N) is 1. The average Bonchev–Trinajstić information content (AvgIpc) is 2.23. The Hall–Kier alpha value is -0.610. The molecule has 0 atom stereocenters. The van der Waals surface area contributed by atoms with E-state index in [1.165, 1.54) is 0 Å². The van der Waals surface area contributed by atoms with Gasteiger partial charge in [-0.15, -0.1) is 0 Å². The minimum absolute atomic E-state index is 0.107. The Balaban J connectivity index is 3.82. The highest BCUT2D eigenvalue weighted by molar-refractivity contribution is 5.76. The summed E-state index contributed by atoms with van der Waals surface area (Å²) in [6.45, 7) is 4.79. The number of aliphatic hydroxyl groups is 1.